The van der Waals surface area contributed by atoms with Gasteiger partial charge >= 0.3 is 0 Å². The predicted octanol–water partition coefficient (Wildman–Crippen LogP) is 10.6. The molecule has 0 saturated carbocycles. The van der Waals surface area contributed by atoms with Crippen molar-refractivity contribution in [3.05, 3.63) is 146 Å². The normalized spacial score (nSPS) is 11.6. The highest BCUT2D eigenvalue weighted by Crippen LogP contribution is 2.40. The molecule has 210 valence electrons. The number of benzene rings is 5. The molecule has 0 radical (unpaired) electrons. The Kier molecular flexibility index (Phi) is 5.96. The van der Waals surface area contributed by atoms with Crippen LogP contribution in [0.1, 0.15) is 0 Å². The molecule has 4 aromatic heterocycles. The van der Waals surface area contributed by atoms with Crippen LogP contribution < -0.4 is 0 Å². The summed E-state index contributed by atoms with van der Waals surface area (Å²) in [5.41, 5.74) is 8.90. The van der Waals surface area contributed by atoms with E-state index in [0.717, 1.165) is 77.1 Å². The maximum atomic E-state index is 5.11. The molecule has 0 aliphatic heterocycles. The number of hydrogen-bond donors (Lipinski definition) is 0. The molecule has 45 heavy (non-hydrogen) atoms. The van der Waals surface area contributed by atoms with Crippen LogP contribution in [-0.2, 0) is 0 Å². The average Bonchev–Trinajstić information content (AvgIpc) is 3.50. The first kappa shape index (κ1) is 25.7. The van der Waals surface area contributed by atoms with Gasteiger partial charge in [0.1, 0.15) is 0 Å². The van der Waals surface area contributed by atoms with Crippen molar-refractivity contribution < 1.29 is 0 Å². The van der Waals surface area contributed by atoms with E-state index in [1.165, 1.54) is 10.1 Å². The van der Waals surface area contributed by atoms with Crippen molar-refractivity contribution in [1.29, 1.82) is 0 Å². The lowest BCUT2D eigenvalue weighted by molar-refractivity contribution is 1.24. The topological polar surface area (TPSA) is 51.6 Å². The van der Waals surface area contributed by atoms with E-state index in [1.54, 1.807) is 11.3 Å². The van der Waals surface area contributed by atoms with Gasteiger partial charge in [-0.25, -0.2) is 15.0 Å². The van der Waals surface area contributed by atoms with Gasteiger partial charge in [-0.3, -0.25) is 4.98 Å². The molecule has 0 aliphatic carbocycles. The maximum Gasteiger partial charge on any atom is 0.160 e. The van der Waals surface area contributed by atoms with Gasteiger partial charge in [0, 0.05) is 43.7 Å². The molecule has 0 atom stereocenters. The number of thiophene rings is 1. The van der Waals surface area contributed by atoms with Gasteiger partial charge in [0.25, 0.3) is 0 Å². The van der Waals surface area contributed by atoms with Crippen molar-refractivity contribution in [2.75, 3.05) is 0 Å². The van der Waals surface area contributed by atoms with E-state index in [-0.39, 0.29) is 0 Å². The van der Waals surface area contributed by atoms with Crippen LogP contribution in [0.4, 0.5) is 0 Å². The zero-order chi connectivity index (χ0) is 29.7. The molecule has 0 aliphatic rings. The minimum Gasteiger partial charge on any atom is -0.254 e. The van der Waals surface area contributed by atoms with E-state index in [0.29, 0.717) is 0 Å². The summed E-state index contributed by atoms with van der Waals surface area (Å²) in [4.78, 5) is 20.1. The van der Waals surface area contributed by atoms with Crippen molar-refractivity contribution in [1.82, 2.24) is 19.9 Å². The standard InChI is InChI=1S/C40H24N4S/c1-2-10-27(11-3-1)40-43-36(39-38(44-40)32-15-7-9-17-35(32)45-39)26-20-18-25(19-21-26)28-22-23-34(41-24-28)37-31-14-5-4-12-29(31)30-13-6-8-16-33(30)42-37/h1-24H. The minimum absolute atomic E-state index is 0.736. The number of para-hydroxylation sites is 1. The van der Waals surface area contributed by atoms with E-state index in [4.69, 9.17) is 19.9 Å². The van der Waals surface area contributed by atoms with Crippen molar-refractivity contribution in [2.24, 2.45) is 0 Å². The lowest BCUT2D eigenvalue weighted by Crippen LogP contribution is -1.94. The highest BCUT2D eigenvalue weighted by atomic mass is 32.1. The fraction of sp³-hybridized carbons (Fsp3) is 0. The Morgan fingerprint density at radius 2 is 1.09 bits per heavy atom. The monoisotopic (exact) mass is 592 g/mol. The highest BCUT2D eigenvalue weighted by molar-refractivity contribution is 7.26. The van der Waals surface area contributed by atoms with Crippen LogP contribution in [0.5, 0.6) is 0 Å². The first-order chi connectivity index (χ1) is 22.3. The van der Waals surface area contributed by atoms with Gasteiger partial charge in [0.15, 0.2) is 5.82 Å². The second-order valence-electron chi connectivity index (χ2n) is 11.1. The Morgan fingerprint density at radius 3 is 1.89 bits per heavy atom. The van der Waals surface area contributed by atoms with Crippen molar-refractivity contribution in [3.8, 4) is 45.2 Å². The smallest absolute Gasteiger partial charge is 0.160 e. The predicted molar refractivity (Wildman–Crippen MR) is 187 cm³/mol. The zero-order valence-corrected chi connectivity index (χ0v) is 24.9. The second-order valence-corrected chi connectivity index (χ2v) is 12.1. The molecule has 0 N–H and O–H groups in total. The average molecular weight is 593 g/mol. The first-order valence-corrected chi connectivity index (χ1v) is 15.7. The van der Waals surface area contributed by atoms with Crippen LogP contribution in [0.25, 0.3) is 87.1 Å². The Balaban J connectivity index is 1.11. The molecule has 0 bridgehead atoms. The van der Waals surface area contributed by atoms with E-state index in [1.807, 2.05) is 30.5 Å². The van der Waals surface area contributed by atoms with E-state index in [9.17, 15) is 0 Å². The summed E-state index contributed by atoms with van der Waals surface area (Å²) >= 11 is 1.75. The lowest BCUT2D eigenvalue weighted by atomic mass is 10.0. The summed E-state index contributed by atoms with van der Waals surface area (Å²) in [5, 5.41) is 4.61. The third kappa shape index (κ3) is 4.36. The maximum absolute atomic E-state index is 5.11. The molecular formula is C40H24N4S. The van der Waals surface area contributed by atoms with Gasteiger partial charge in [-0.15, -0.1) is 11.3 Å². The van der Waals surface area contributed by atoms with Gasteiger partial charge in [0.05, 0.1) is 32.8 Å². The number of nitrogens with zero attached hydrogens (tertiary/aromatic N) is 4. The Bertz CT molecular complexity index is 2520. The third-order valence-electron chi connectivity index (χ3n) is 8.36. The summed E-state index contributed by atoms with van der Waals surface area (Å²) in [6.45, 7) is 0. The molecular weight excluding hydrogens is 569 g/mol. The summed E-state index contributed by atoms with van der Waals surface area (Å²) < 4.78 is 2.31. The van der Waals surface area contributed by atoms with Crippen LogP contribution in [0.3, 0.4) is 0 Å². The van der Waals surface area contributed by atoms with Gasteiger partial charge in [-0.2, -0.15) is 0 Å². The molecule has 4 nitrogen and oxygen atoms in total. The largest absolute Gasteiger partial charge is 0.254 e. The van der Waals surface area contributed by atoms with Crippen LogP contribution in [0.15, 0.2) is 146 Å². The quantitative estimate of drug-likeness (QED) is 0.191. The lowest BCUT2D eigenvalue weighted by Gasteiger charge is -2.10. The number of rotatable bonds is 4. The van der Waals surface area contributed by atoms with E-state index < -0.39 is 0 Å². The SMILES string of the molecule is c1ccc(-c2nc(-c3ccc(-c4ccc(-c5nc6ccccc6c6ccccc56)nc4)cc3)c3sc4ccccc4c3n2)cc1. The molecule has 0 spiro atoms. The van der Waals surface area contributed by atoms with Crippen LogP contribution in [0.2, 0.25) is 0 Å². The molecule has 5 aromatic carbocycles. The number of fused-ring (bicyclic) bond motifs is 6. The molecule has 4 heterocycles. The molecule has 0 saturated heterocycles. The molecule has 5 heteroatoms. The summed E-state index contributed by atoms with van der Waals surface area (Å²) in [6, 6.07) is 48.2. The van der Waals surface area contributed by atoms with Crippen molar-refractivity contribution >= 4 is 53.3 Å². The molecule has 0 amide bonds. The van der Waals surface area contributed by atoms with Gasteiger partial charge in [0.2, 0.25) is 0 Å². The van der Waals surface area contributed by atoms with E-state index >= 15 is 0 Å². The van der Waals surface area contributed by atoms with Crippen LogP contribution >= 0.6 is 11.3 Å². The Morgan fingerprint density at radius 1 is 0.422 bits per heavy atom. The third-order valence-corrected chi connectivity index (χ3v) is 9.52. The molecule has 0 fully saturated rings. The second kappa shape index (κ2) is 10.4. The number of aromatic nitrogens is 4. The Labute approximate surface area is 263 Å². The van der Waals surface area contributed by atoms with Crippen molar-refractivity contribution in [2.45, 2.75) is 0 Å². The number of pyridine rings is 2. The van der Waals surface area contributed by atoms with Crippen molar-refractivity contribution in [3.63, 3.8) is 0 Å². The summed E-state index contributed by atoms with van der Waals surface area (Å²) in [5.74, 6) is 0.736. The van der Waals surface area contributed by atoms with Gasteiger partial charge in [-0.05, 0) is 29.1 Å². The van der Waals surface area contributed by atoms with Gasteiger partial charge < -0.3 is 0 Å². The Hall–Kier alpha value is -5.78. The van der Waals surface area contributed by atoms with Gasteiger partial charge in [-0.1, -0.05) is 121 Å². The minimum atomic E-state index is 0.736. The fourth-order valence-electron chi connectivity index (χ4n) is 6.13. The summed E-state index contributed by atoms with van der Waals surface area (Å²) in [7, 11) is 0. The highest BCUT2D eigenvalue weighted by Gasteiger charge is 2.17. The zero-order valence-electron chi connectivity index (χ0n) is 24.1. The molecule has 0 unspecified atom stereocenters. The fourth-order valence-corrected chi connectivity index (χ4v) is 7.28. The van der Waals surface area contributed by atoms with Crippen LogP contribution in [-0.4, -0.2) is 19.9 Å². The van der Waals surface area contributed by atoms with Crippen LogP contribution in [0, 0.1) is 0 Å². The van der Waals surface area contributed by atoms with E-state index in [2.05, 4.69) is 115 Å². The number of hydrogen-bond acceptors (Lipinski definition) is 5. The molecule has 9 rings (SSSR count). The summed E-state index contributed by atoms with van der Waals surface area (Å²) in [6.07, 6.45) is 1.94. The molecule has 9 aromatic rings. The first-order valence-electron chi connectivity index (χ1n) is 14.9.